The van der Waals surface area contributed by atoms with Gasteiger partial charge in [-0.2, -0.15) is 4.31 Å². The summed E-state index contributed by atoms with van der Waals surface area (Å²) in [6.07, 6.45) is 6.30. The van der Waals surface area contributed by atoms with Crippen LogP contribution in [0.4, 0.5) is 11.4 Å². The second-order valence-corrected chi connectivity index (χ2v) is 11.1. The van der Waals surface area contributed by atoms with E-state index in [4.69, 9.17) is 5.73 Å². The van der Waals surface area contributed by atoms with E-state index >= 15 is 0 Å². The molecule has 2 unspecified atom stereocenters. The third-order valence-corrected chi connectivity index (χ3v) is 9.01. The minimum absolute atomic E-state index is 0. The predicted octanol–water partition coefficient (Wildman–Crippen LogP) is 5.65. The average Bonchev–Trinajstić information content (AvgIpc) is 2.96. The van der Waals surface area contributed by atoms with Gasteiger partial charge in [-0.1, -0.05) is 50.6 Å². The van der Waals surface area contributed by atoms with E-state index in [1.807, 2.05) is 18.2 Å². The van der Waals surface area contributed by atoms with Crippen LogP contribution < -0.4 is 11.1 Å². The van der Waals surface area contributed by atoms with E-state index < -0.39 is 10.0 Å². The first-order valence-corrected chi connectivity index (χ1v) is 13.1. The number of fused-ring (bicyclic) bond motifs is 3. The fraction of sp³-hybridized carbons (Fsp3) is 0.370. The molecule has 3 N–H and O–H groups in total. The number of sulfonamides is 1. The van der Waals surface area contributed by atoms with Gasteiger partial charge in [-0.25, -0.2) is 8.42 Å². The lowest BCUT2D eigenvalue weighted by atomic mass is 9.84. The maximum atomic E-state index is 13.6. The molecule has 1 saturated heterocycles. The minimum atomic E-state index is -3.58. The number of amides is 1. The van der Waals surface area contributed by atoms with Gasteiger partial charge in [-0.3, -0.25) is 4.79 Å². The Kier molecular flexibility index (Phi) is 6.96. The Morgan fingerprint density at radius 2 is 1.76 bits per heavy atom. The molecule has 1 heterocycles. The molecule has 3 aromatic carbocycles. The summed E-state index contributed by atoms with van der Waals surface area (Å²) in [6, 6.07) is 17.7. The lowest BCUT2D eigenvalue weighted by Gasteiger charge is -2.33. The quantitative estimate of drug-likeness (QED) is 0.473. The van der Waals surface area contributed by atoms with Crippen molar-refractivity contribution in [3.63, 3.8) is 0 Å². The summed E-state index contributed by atoms with van der Waals surface area (Å²) in [5, 5.41) is 4.48. The number of hydrogen-bond donors (Lipinski definition) is 2. The molecule has 2 aliphatic rings. The molecule has 6 nitrogen and oxygen atoms in total. The molecule has 1 amide bonds. The maximum absolute atomic E-state index is 13.6. The van der Waals surface area contributed by atoms with Crippen LogP contribution in [0.15, 0.2) is 65.6 Å². The molecule has 0 aromatic heterocycles. The van der Waals surface area contributed by atoms with Gasteiger partial charge >= 0.3 is 0 Å². The highest BCUT2D eigenvalue weighted by atomic mass is 32.2. The number of nitrogens with zero attached hydrogens (tertiary/aromatic N) is 1. The Balaban J connectivity index is 0.00000274. The standard InChI is InChI=1S/C26H29N3O3S.CH4/c27-24-11-2-1-10-23(24)26(30)28-25-12-4-8-19-17-21(13-14-22(19)25)33(31,32)29-15-5-7-18-6-3-9-20(29)16-18;/h1-2,4,8,10-14,17-18,20H,3,5-7,9,15-16,27H2,(H,28,30);1H4. The van der Waals surface area contributed by atoms with E-state index in [1.54, 1.807) is 46.8 Å². The van der Waals surface area contributed by atoms with Crippen molar-refractivity contribution in [1.82, 2.24) is 4.31 Å². The van der Waals surface area contributed by atoms with Crippen LogP contribution in [0.1, 0.15) is 56.3 Å². The molecular weight excluding hydrogens is 446 g/mol. The lowest BCUT2D eigenvalue weighted by Crippen LogP contribution is -2.41. The van der Waals surface area contributed by atoms with E-state index in [1.165, 1.54) is 6.42 Å². The van der Waals surface area contributed by atoms with Crippen LogP contribution in [0.5, 0.6) is 0 Å². The molecule has 180 valence electrons. The first-order valence-electron chi connectivity index (χ1n) is 11.6. The summed E-state index contributed by atoms with van der Waals surface area (Å²) in [6.45, 7) is 0.593. The second-order valence-electron chi connectivity index (χ2n) is 9.17. The van der Waals surface area contributed by atoms with Crippen LogP contribution in [0, 0.1) is 5.92 Å². The first-order chi connectivity index (χ1) is 15.9. The van der Waals surface area contributed by atoms with Gasteiger partial charge in [-0.15, -0.1) is 0 Å². The highest BCUT2D eigenvalue weighted by Crippen LogP contribution is 2.37. The molecule has 2 fully saturated rings. The smallest absolute Gasteiger partial charge is 0.257 e. The largest absolute Gasteiger partial charge is 0.398 e. The topological polar surface area (TPSA) is 92.5 Å². The fourth-order valence-corrected chi connectivity index (χ4v) is 7.12. The molecule has 1 aliphatic heterocycles. The summed E-state index contributed by atoms with van der Waals surface area (Å²) in [7, 11) is -3.58. The molecule has 2 atom stereocenters. The predicted molar refractivity (Wildman–Crippen MR) is 138 cm³/mol. The van der Waals surface area contributed by atoms with Crippen molar-refractivity contribution in [2.75, 3.05) is 17.6 Å². The third kappa shape index (κ3) is 4.55. The Labute approximate surface area is 202 Å². The molecule has 2 bridgehead atoms. The highest BCUT2D eigenvalue weighted by Gasteiger charge is 2.36. The molecule has 3 aromatic rings. The van der Waals surface area contributed by atoms with E-state index in [9.17, 15) is 13.2 Å². The third-order valence-electron chi connectivity index (χ3n) is 7.07. The monoisotopic (exact) mass is 479 g/mol. The number of para-hydroxylation sites is 1. The van der Waals surface area contributed by atoms with Gasteiger partial charge in [0.1, 0.15) is 0 Å². The van der Waals surface area contributed by atoms with Crippen LogP contribution in [-0.4, -0.2) is 31.2 Å². The Bertz CT molecular complexity index is 1310. The van der Waals surface area contributed by atoms with Crippen molar-refractivity contribution in [2.24, 2.45) is 5.92 Å². The normalized spacial score (nSPS) is 20.8. The van der Waals surface area contributed by atoms with E-state index in [0.717, 1.165) is 42.9 Å². The zero-order valence-electron chi connectivity index (χ0n) is 18.5. The zero-order valence-corrected chi connectivity index (χ0v) is 19.4. The molecule has 34 heavy (non-hydrogen) atoms. The van der Waals surface area contributed by atoms with Crippen molar-refractivity contribution < 1.29 is 13.2 Å². The number of benzene rings is 3. The average molecular weight is 480 g/mol. The van der Waals surface area contributed by atoms with Gasteiger partial charge in [0, 0.05) is 29.3 Å². The Morgan fingerprint density at radius 1 is 0.971 bits per heavy atom. The molecule has 1 saturated carbocycles. The lowest BCUT2D eigenvalue weighted by molar-refractivity contribution is 0.102. The number of rotatable bonds is 4. The van der Waals surface area contributed by atoms with Gasteiger partial charge < -0.3 is 11.1 Å². The molecular formula is C27H33N3O3S. The molecule has 7 heteroatoms. The number of carbonyl (C=O) groups is 1. The van der Waals surface area contributed by atoms with Crippen LogP contribution in [-0.2, 0) is 10.0 Å². The SMILES string of the molecule is C.Nc1ccccc1C(=O)Nc1cccc2cc(S(=O)(=O)N3CCCC4CCCC3C4)ccc12. The van der Waals surface area contributed by atoms with Crippen molar-refractivity contribution in [3.8, 4) is 0 Å². The number of nitrogens with two attached hydrogens (primary N) is 1. The van der Waals surface area contributed by atoms with Gasteiger partial charge in [0.25, 0.3) is 5.91 Å². The molecule has 0 radical (unpaired) electrons. The van der Waals surface area contributed by atoms with Gasteiger partial charge in [0.15, 0.2) is 0 Å². The minimum Gasteiger partial charge on any atom is -0.398 e. The van der Waals surface area contributed by atoms with Crippen molar-refractivity contribution in [2.45, 2.75) is 56.9 Å². The maximum Gasteiger partial charge on any atom is 0.257 e. The Hall–Kier alpha value is -2.90. The summed E-state index contributed by atoms with van der Waals surface area (Å²) in [5.74, 6) is 0.360. The van der Waals surface area contributed by atoms with Crippen LogP contribution in [0.2, 0.25) is 0 Å². The summed E-state index contributed by atoms with van der Waals surface area (Å²) in [5.41, 5.74) is 7.37. The summed E-state index contributed by atoms with van der Waals surface area (Å²) in [4.78, 5) is 13.1. The number of nitrogens with one attached hydrogen (secondary N) is 1. The van der Waals surface area contributed by atoms with Crippen LogP contribution >= 0.6 is 0 Å². The van der Waals surface area contributed by atoms with Gasteiger partial charge in [0.2, 0.25) is 10.0 Å². The molecule has 5 rings (SSSR count). The van der Waals surface area contributed by atoms with E-state index in [-0.39, 0.29) is 19.4 Å². The summed E-state index contributed by atoms with van der Waals surface area (Å²) >= 11 is 0. The molecule has 1 aliphatic carbocycles. The number of nitrogen functional groups attached to an aromatic ring is 1. The highest BCUT2D eigenvalue weighted by molar-refractivity contribution is 7.89. The number of anilines is 2. The Morgan fingerprint density at radius 3 is 2.59 bits per heavy atom. The van der Waals surface area contributed by atoms with E-state index in [2.05, 4.69) is 5.32 Å². The number of carbonyl (C=O) groups excluding carboxylic acids is 1. The van der Waals surface area contributed by atoms with Crippen molar-refractivity contribution >= 4 is 38.1 Å². The van der Waals surface area contributed by atoms with E-state index in [0.29, 0.717) is 34.3 Å². The van der Waals surface area contributed by atoms with Gasteiger partial charge in [-0.05, 0) is 67.3 Å². The number of hydrogen-bond acceptors (Lipinski definition) is 4. The first kappa shape index (κ1) is 24.2. The second kappa shape index (κ2) is 9.76. The van der Waals surface area contributed by atoms with Crippen LogP contribution in [0.3, 0.4) is 0 Å². The van der Waals surface area contributed by atoms with Gasteiger partial charge in [0.05, 0.1) is 10.5 Å². The van der Waals surface area contributed by atoms with Crippen LogP contribution in [0.25, 0.3) is 10.8 Å². The van der Waals surface area contributed by atoms with Crippen molar-refractivity contribution in [3.05, 3.63) is 66.2 Å². The summed E-state index contributed by atoms with van der Waals surface area (Å²) < 4.78 is 29.0. The van der Waals surface area contributed by atoms with Crippen molar-refractivity contribution in [1.29, 1.82) is 0 Å². The molecule has 0 spiro atoms. The fourth-order valence-electron chi connectivity index (χ4n) is 5.38. The zero-order chi connectivity index (χ0) is 23.0.